The molecule has 0 saturated carbocycles. The molecule has 19 heavy (non-hydrogen) atoms. The number of rotatable bonds is 5. The van der Waals surface area contributed by atoms with Crippen molar-refractivity contribution in [1.29, 1.82) is 0 Å². The maximum Gasteiger partial charge on any atom is 0.138 e. The van der Waals surface area contributed by atoms with E-state index in [0.717, 1.165) is 24.5 Å². The monoisotopic (exact) mass is 263 g/mol. The van der Waals surface area contributed by atoms with Crippen molar-refractivity contribution >= 4 is 0 Å². The lowest BCUT2D eigenvalue weighted by Crippen LogP contribution is -2.40. The fourth-order valence-corrected chi connectivity index (χ4v) is 2.57. The van der Waals surface area contributed by atoms with E-state index in [1.807, 2.05) is 13.0 Å². The van der Waals surface area contributed by atoms with Crippen LogP contribution in [0.5, 0.6) is 5.75 Å². The molecule has 0 radical (unpaired) electrons. The average molecular weight is 263 g/mol. The lowest BCUT2D eigenvalue weighted by molar-refractivity contribution is 0.189. The molecule has 0 aromatic carbocycles. The van der Waals surface area contributed by atoms with Crippen molar-refractivity contribution in [1.82, 2.24) is 15.2 Å². The number of nitrogens with one attached hydrogen (secondary N) is 1. The van der Waals surface area contributed by atoms with Gasteiger partial charge in [-0.1, -0.05) is 0 Å². The van der Waals surface area contributed by atoms with Crippen LogP contribution in [-0.2, 0) is 6.54 Å². The minimum absolute atomic E-state index is 0.302. The zero-order valence-corrected chi connectivity index (χ0v) is 12.2. The molecule has 1 atom stereocenters. The van der Waals surface area contributed by atoms with Gasteiger partial charge in [-0.25, -0.2) is 0 Å². The van der Waals surface area contributed by atoms with Gasteiger partial charge in [-0.15, -0.1) is 0 Å². The Labute approximate surface area is 115 Å². The summed E-state index contributed by atoms with van der Waals surface area (Å²) in [7, 11) is 0. The van der Waals surface area contributed by atoms with E-state index in [1.165, 1.54) is 12.8 Å². The van der Waals surface area contributed by atoms with Crippen LogP contribution in [0.3, 0.4) is 0 Å². The topological polar surface area (TPSA) is 48.4 Å². The smallest absolute Gasteiger partial charge is 0.138 e. The van der Waals surface area contributed by atoms with Gasteiger partial charge in [-0.05, 0) is 52.3 Å². The highest BCUT2D eigenvalue weighted by Gasteiger charge is 2.21. The Kier molecular flexibility index (Phi) is 4.77. The number of pyridine rings is 1. The van der Waals surface area contributed by atoms with E-state index in [4.69, 9.17) is 0 Å². The molecule has 106 valence electrons. The van der Waals surface area contributed by atoms with Gasteiger partial charge in [0.1, 0.15) is 5.75 Å². The highest BCUT2D eigenvalue weighted by Crippen LogP contribution is 2.19. The van der Waals surface area contributed by atoms with Crippen LogP contribution in [0.1, 0.15) is 38.1 Å². The fraction of sp³-hybridized carbons (Fsp3) is 0.667. The summed E-state index contributed by atoms with van der Waals surface area (Å²) in [5.41, 5.74) is 1.74. The van der Waals surface area contributed by atoms with E-state index in [2.05, 4.69) is 29.0 Å². The van der Waals surface area contributed by atoms with Crippen molar-refractivity contribution in [2.75, 3.05) is 13.1 Å². The Morgan fingerprint density at radius 3 is 2.89 bits per heavy atom. The summed E-state index contributed by atoms with van der Waals surface area (Å²) in [4.78, 5) is 6.84. The van der Waals surface area contributed by atoms with Crippen molar-refractivity contribution in [3.05, 3.63) is 23.5 Å². The Balaban J connectivity index is 2.04. The molecule has 2 rings (SSSR count). The minimum Gasteiger partial charge on any atom is -0.506 e. The van der Waals surface area contributed by atoms with E-state index >= 15 is 0 Å². The molecule has 1 aromatic rings. The molecule has 0 spiro atoms. The standard InChI is InChI=1S/C15H25N3O/c1-11(2)18(9-13-5-4-8-16-13)10-14-15(19)7-6-12(3)17-14/h6-7,11,13,16,19H,4-5,8-10H2,1-3H3. The molecule has 0 aliphatic carbocycles. The van der Waals surface area contributed by atoms with Gasteiger partial charge >= 0.3 is 0 Å². The Bertz CT molecular complexity index is 414. The predicted octanol–water partition coefficient (Wildman–Crippen LogP) is 2.06. The molecule has 2 heterocycles. The van der Waals surface area contributed by atoms with E-state index in [1.54, 1.807) is 6.07 Å². The highest BCUT2D eigenvalue weighted by atomic mass is 16.3. The van der Waals surface area contributed by atoms with Crippen LogP contribution >= 0.6 is 0 Å². The molecule has 1 aliphatic heterocycles. The van der Waals surface area contributed by atoms with Crippen molar-refractivity contribution in [3.8, 4) is 5.75 Å². The van der Waals surface area contributed by atoms with Crippen LogP contribution in [0.25, 0.3) is 0 Å². The number of aryl methyl sites for hydroxylation is 1. The third-order valence-electron chi connectivity index (χ3n) is 3.79. The molecule has 1 fully saturated rings. The number of nitrogens with zero attached hydrogens (tertiary/aromatic N) is 2. The zero-order chi connectivity index (χ0) is 13.8. The molecular formula is C15H25N3O. The predicted molar refractivity (Wildman–Crippen MR) is 77.2 cm³/mol. The Morgan fingerprint density at radius 1 is 1.47 bits per heavy atom. The molecule has 1 aromatic heterocycles. The lowest BCUT2D eigenvalue weighted by Gasteiger charge is -2.29. The number of aromatic hydroxyl groups is 1. The van der Waals surface area contributed by atoms with Gasteiger partial charge in [0.25, 0.3) is 0 Å². The second kappa shape index (κ2) is 6.35. The van der Waals surface area contributed by atoms with Gasteiger partial charge < -0.3 is 10.4 Å². The van der Waals surface area contributed by atoms with Gasteiger partial charge in [0.15, 0.2) is 0 Å². The molecule has 4 heteroatoms. The van der Waals surface area contributed by atoms with Crippen LogP contribution in [-0.4, -0.2) is 40.2 Å². The summed E-state index contributed by atoms with van der Waals surface area (Å²) < 4.78 is 0. The quantitative estimate of drug-likeness (QED) is 0.853. The van der Waals surface area contributed by atoms with E-state index in [0.29, 0.717) is 24.4 Å². The first-order valence-electron chi connectivity index (χ1n) is 7.19. The maximum absolute atomic E-state index is 9.92. The van der Waals surface area contributed by atoms with Crippen molar-refractivity contribution in [2.45, 2.75) is 52.2 Å². The summed E-state index contributed by atoms with van der Waals surface area (Å²) >= 11 is 0. The first-order chi connectivity index (χ1) is 9.06. The number of aromatic nitrogens is 1. The van der Waals surface area contributed by atoms with Gasteiger partial charge in [0.05, 0.1) is 5.69 Å². The molecule has 1 unspecified atom stereocenters. The summed E-state index contributed by atoms with van der Waals surface area (Å²) in [5, 5.41) is 13.5. The van der Waals surface area contributed by atoms with Crippen LogP contribution < -0.4 is 5.32 Å². The largest absolute Gasteiger partial charge is 0.506 e. The summed E-state index contributed by atoms with van der Waals surface area (Å²) in [6.07, 6.45) is 2.51. The summed E-state index contributed by atoms with van der Waals surface area (Å²) in [5.74, 6) is 0.302. The molecule has 2 N–H and O–H groups in total. The van der Waals surface area contributed by atoms with Crippen molar-refractivity contribution in [3.63, 3.8) is 0 Å². The third kappa shape index (κ3) is 3.91. The minimum atomic E-state index is 0.302. The molecule has 1 aliphatic rings. The lowest BCUT2D eigenvalue weighted by atomic mass is 10.1. The maximum atomic E-state index is 9.92. The fourth-order valence-electron chi connectivity index (χ4n) is 2.57. The first-order valence-corrected chi connectivity index (χ1v) is 7.19. The SMILES string of the molecule is Cc1ccc(O)c(CN(CC2CCCN2)C(C)C)n1. The van der Waals surface area contributed by atoms with Crippen molar-refractivity contribution < 1.29 is 5.11 Å². The van der Waals surface area contributed by atoms with E-state index in [-0.39, 0.29) is 0 Å². The number of hydrogen-bond acceptors (Lipinski definition) is 4. The third-order valence-corrected chi connectivity index (χ3v) is 3.79. The van der Waals surface area contributed by atoms with Crippen LogP contribution in [0.15, 0.2) is 12.1 Å². The van der Waals surface area contributed by atoms with Gasteiger partial charge in [-0.2, -0.15) is 0 Å². The van der Waals surface area contributed by atoms with Gasteiger partial charge in [0.2, 0.25) is 0 Å². The van der Waals surface area contributed by atoms with Gasteiger partial charge in [0, 0.05) is 30.9 Å². The number of hydrogen-bond donors (Lipinski definition) is 2. The van der Waals surface area contributed by atoms with Crippen LogP contribution in [0.2, 0.25) is 0 Å². The zero-order valence-electron chi connectivity index (χ0n) is 12.2. The highest BCUT2D eigenvalue weighted by molar-refractivity contribution is 5.27. The molecule has 1 saturated heterocycles. The normalized spacial score (nSPS) is 19.5. The average Bonchev–Trinajstić information content (AvgIpc) is 2.85. The molecule has 0 bridgehead atoms. The summed E-state index contributed by atoms with van der Waals surface area (Å²) in [6.45, 7) is 9.21. The van der Waals surface area contributed by atoms with Crippen molar-refractivity contribution in [2.24, 2.45) is 0 Å². The Hall–Kier alpha value is -1.13. The summed E-state index contributed by atoms with van der Waals surface area (Å²) in [6, 6.07) is 4.61. The van der Waals surface area contributed by atoms with E-state index < -0.39 is 0 Å². The van der Waals surface area contributed by atoms with Crippen LogP contribution in [0.4, 0.5) is 0 Å². The van der Waals surface area contributed by atoms with Gasteiger partial charge in [-0.3, -0.25) is 9.88 Å². The van der Waals surface area contributed by atoms with Crippen LogP contribution in [0, 0.1) is 6.92 Å². The Morgan fingerprint density at radius 2 is 2.26 bits per heavy atom. The second-order valence-corrected chi connectivity index (χ2v) is 5.73. The van der Waals surface area contributed by atoms with E-state index in [9.17, 15) is 5.11 Å². The molecular weight excluding hydrogens is 238 g/mol. The first kappa shape index (κ1) is 14.3. The molecule has 4 nitrogen and oxygen atoms in total. The second-order valence-electron chi connectivity index (χ2n) is 5.73. The molecule has 0 amide bonds.